The zero-order valence-corrected chi connectivity index (χ0v) is 11.9. The van der Waals surface area contributed by atoms with Crippen molar-refractivity contribution in [2.75, 3.05) is 13.7 Å². The first kappa shape index (κ1) is 14.9. The van der Waals surface area contributed by atoms with Gasteiger partial charge in [0.2, 0.25) is 0 Å². The molecule has 0 aromatic heterocycles. The molecule has 1 heterocycles. The molecular formula is C14H29NO2. The Morgan fingerprint density at radius 3 is 2.59 bits per heavy atom. The summed E-state index contributed by atoms with van der Waals surface area (Å²) in [5, 5.41) is 0. The Hall–Kier alpha value is -0.120. The van der Waals surface area contributed by atoms with Crippen molar-refractivity contribution in [3.05, 3.63) is 0 Å². The van der Waals surface area contributed by atoms with E-state index in [1.54, 1.807) is 7.11 Å². The van der Waals surface area contributed by atoms with Crippen LogP contribution in [-0.4, -0.2) is 32.0 Å². The van der Waals surface area contributed by atoms with Crippen LogP contribution in [0.25, 0.3) is 0 Å². The molecule has 0 saturated carbocycles. The van der Waals surface area contributed by atoms with Gasteiger partial charge < -0.3 is 15.2 Å². The van der Waals surface area contributed by atoms with Crippen LogP contribution in [0, 0.1) is 5.41 Å². The highest BCUT2D eigenvalue weighted by Gasteiger charge is 2.30. The molecule has 0 aromatic carbocycles. The van der Waals surface area contributed by atoms with Gasteiger partial charge in [0.05, 0.1) is 12.2 Å². The van der Waals surface area contributed by atoms with E-state index < -0.39 is 0 Å². The predicted molar refractivity (Wildman–Crippen MR) is 71.1 cm³/mol. The standard InChI is InChI=1S/C14H29NO2/c1-14(2,3)13(16-4)12(15)9-5-7-11-8-6-10-17-11/h11-13H,5-10,15H2,1-4H3. The van der Waals surface area contributed by atoms with Gasteiger partial charge in [-0.15, -0.1) is 0 Å². The molecule has 0 amide bonds. The molecule has 3 nitrogen and oxygen atoms in total. The lowest BCUT2D eigenvalue weighted by Crippen LogP contribution is -2.44. The van der Waals surface area contributed by atoms with Crippen LogP contribution in [0.4, 0.5) is 0 Å². The number of hydrogen-bond donors (Lipinski definition) is 1. The van der Waals surface area contributed by atoms with Gasteiger partial charge >= 0.3 is 0 Å². The van der Waals surface area contributed by atoms with Gasteiger partial charge in [0.25, 0.3) is 0 Å². The summed E-state index contributed by atoms with van der Waals surface area (Å²) in [5.41, 5.74) is 6.34. The number of hydrogen-bond acceptors (Lipinski definition) is 3. The lowest BCUT2D eigenvalue weighted by Gasteiger charge is -2.34. The average molecular weight is 243 g/mol. The Kier molecular flexibility index (Phi) is 5.90. The third-order valence-electron chi connectivity index (χ3n) is 3.58. The monoisotopic (exact) mass is 243 g/mol. The summed E-state index contributed by atoms with van der Waals surface area (Å²) in [6, 6.07) is 0.126. The largest absolute Gasteiger partial charge is 0.379 e. The van der Waals surface area contributed by atoms with Gasteiger partial charge in [-0.25, -0.2) is 0 Å². The van der Waals surface area contributed by atoms with Gasteiger partial charge in [0.15, 0.2) is 0 Å². The first-order valence-electron chi connectivity index (χ1n) is 6.85. The molecule has 0 bridgehead atoms. The van der Waals surface area contributed by atoms with Gasteiger partial charge in [-0.05, 0) is 37.5 Å². The first-order chi connectivity index (χ1) is 7.95. The quantitative estimate of drug-likeness (QED) is 0.780. The van der Waals surface area contributed by atoms with E-state index in [0.29, 0.717) is 6.10 Å². The molecule has 1 saturated heterocycles. The normalized spacial score (nSPS) is 24.9. The summed E-state index contributed by atoms with van der Waals surface area (Å²) in [6.07, 6.45) is 6.37. The maximum Gasteiger partial charge on any atom is 0.0770 e. The Bertz CT molecular complexity index is 207. The number of methoxy groups -OCH3 is 1. The second-order valence-corrected chi connectivity index (χ2v) is 6.25. The van der Waals surface area contributed by atoms with Crippen molar-refractivity contribution in [1.29, 1.82) is 0 Å². The Labute approximate surface area is 106 Å². The van der Waals surface area contributed by atoms with E-state index in [9.17, 15) is 0 Å². The number of rotatable bonds is 6. The van der Waals surface area contributed by atoms with Crippen LogP contribution in [0.2, 0.25) is 0 Å². The topological polar surface area (TPSA) is 44.5 Å². The van der Waals surface area contributed by atoms with Gasteiger partial charge in [0.1, 0.15) is 0 Å². The molecule has 0 spiro atoms. The summed E-state index contributed by atoms with van der Waals surface area (Å²) in [5.74, 6) is 0. The smallest absolute Gasteiger partial charge is 0.0770 e. The average Bonchev–Trinajstić information content (AvgIpc) is 2.69. The summed E-state index contributed by atoms with van der Waals surface area (Å²) >= 11 is 0. The molecule has 1 fully saturated rings. The highest BCUT2D eigenvalue weighted by molar-refractivity contribution is 4.84. The molecule has 102 valence electrons. The van der Waals surface area contributed by atoms with Crippen molar-refractivity contribution in [1.82, 2.24) is 0 Å². The van der Waals surface area contributed by atoms with Gasteiger partial charge in [-0.1, -0.05) is 20.8 Å². The third kappa shape index (κ3) is 4.94. The van der Waals surface area contributed by atoms with Crippen molar-refractivity contribution < 1.29 is 9.47 Å². The second kappa shape index (κ2) is 6.72. The van der Waals surface area contributed by atoms with Crippen LogP contribution in [-0.2, 0) is 9.47 Å². The van der Waals surface area contributed by atoms with E-state index in [1.807, 2.05) is 0 Å². The summed E-state index contributed by atoms with van der Waals surface area (Å²) in [6.45, 7) is 7.49. The fraction of sp³-hybridized carbons (Fsp3) is 1.00. The maximum atomic E-state index is 6.23. The molecule has 0 radical (unpaired) electrons. The van der Waals surface area contributed by atoms with Crippen LogP contribution in [0.1, 0.15) is 52.9 Å². The molecule has 1 aliphatic rings. The molecule has 3 unspecified atom stereocenters. The molecule has 0 aromatic rings. The highest BCUT2D eigenvalue weighted by atomic mass is 16.5. The predicted octanol–water partition coefficient (Wildman–Crippen LogP) is 2.72. The van der Waals surface area contributed by atoms with E-state index >= 15 is 0 Å². The van der Waals surface area contributed by atoms with Crippen molar-refractivity contribution in [2.45, 2.75) is 71.1 Å². The molecule has 1 aliphatic heterocycles. The minimum atomic E-state index is 0.109. The van der Waals surface area contributed by atoms with E-state index in [4.69, 9.17) is 15.2 Å². The number of nitrogens with two attached hydrogens (primary N) is 1. The summed E-state index contributed by atoms with van der Waals surface area (Å²) < 4.78 is 11.2. The fourth-order valence-electron chi connectivity index (χ4n) is 2.78. The molecule has 17 heavy (non-hydrogen) atoms. The lowest BCUT2D eigenvalue weighted by molar-refractivity contribution is -0.00494. The highest BCUT2D eigenvalue weighted by Crippen LogP contribution is 2.26. The van der Waals surface area contributed by atoms with Crippen LogP contribution < -0.4 is 5.73 Å². The summed E-state index contributed by atoms with van der Waals surface area (Å²) in [7, 11) is 1.76. The first-order valence-corrected chi connectivity index (χ1v) is 6.85. The van der Waals surface area contributed by atoms with E-state index in [0.717, 1.165) is 25.9 Å². The zero-order chi connectivity index (χ0) is 12.9. The third-order valence-corrected chi connectivity index (χ3v) is 3.58. The Morgan fingerprint density at radius 2 is 2.12 bits per heavy atom. The maximum absolute atomic E-state index is 6.23. The second-order valence-electron chi connectivity index (χ2n) is 6.25. The van der Waals surface area contributed by atoms with E-state index in [2.05, 4.69) is 20.8 Å². The van der Waals surface area contributed by atoms with Crippen LogP contribution >= 0.6 is 0 Å². The Morgan fingerprint density at radius 1 is 1.41 bits per heavy atom. The Balaban J connectivity index is 2.24. The minimum absolute atomic E-state index is 0.109. The zero-order valence-electron chi connectivity index (χ0n) is 11.9. The van der Waals surface area contributed by atoms with Crippen molar-refractivity contribution in [3.8, 4) is 0 Å². The molecule has 3 heteroatoms. The van der Waals surface area contributed by atoms with Crippen LogP contribution in [0.5, 0.6) is 0 Å². The molecule has 2 N–H and O–H groups in total. The van der Waals surface area contributed by atoms with Crippen molar-refractivity contribution in [2.24, 2.45) is 11.1 Å². The van der Waals surface area contributed by atoms with Gasteiger partial charge in [-0.2, -0.15) is 0 Å². The van der Waals surface area contributed by atoms with E-state index in [1.165, 1.54) is 12.8 Å². The molecule has 3 atom stereocenters. The molecular weight excluding hydrogens is 214 g/mol. The summed E-state index contributed by atoms with van der Waals surface area (Å²) in [4.78, 5) is 0. The van der Waals surface area contributed by atoms with Gasteiger partial charge in [-0.3, -0.25) is 0 Å². The van der Waals surface area contributed by atoms with Crippen molar-refractivity contribution >= 4 is 0 Å². The van der Waals surface area contributed by atoms with Gasteiger partial charge in [0, 0.05) is 19.8 Å². The van der Waals surface area contributed by atoms with Crippen LogP contribution in [0.3, 0.4) is 0 Å². The minimum Gasteiger partial charge on any atom is -0.379 e. The molecule has 0 aliphatic carbocycles. The fourth-order valence-corrected chi connectivity index (χ4v) is 2.78. The molecule has 1 rings (SSSR count). The number of ether oxygens (including phenoxy) is 2. The lowest BCUT2D eigenvalue weighted by atomic mass is 9.83. The van der Waals surface area contributed by atoms with Crippen molar-refractivity contribution in [3.63, 3.8) is 0 Å². The SMILES string of the molecule is COC(C(N)CCCC1CCCO1)C(C)(C)C. The van der Waals surface area contributed by atoms with E-state index in [-0.39, 0.29) is 17.6 Å². The van der Waals surface area contributed by atoms with Crippen LogP contribution in [0.15, 0.2) is 0 Å².